The predicted molar refractivity (Wildman–Crippen MR) is 169 cm³/mol. The quantitative estimate of drug-likeness (QED) is 0.170. The Morgan fingerprint density at radius 2 is 1.73 bits per heavy atom. The molecule has 0 heterocycles. The number of rotatable bonds is 15. The van der Waals surface area contributed by atoms with Crippen molar-refractivity contribution < 1.29 is 17.9 Å². The van der Waals surface area contributed by atoms with Crippen LogP contribution in [0.2, 0.25) is 0 Å². The predicted octanol–water partition coefficient (Wildman–Crippen LogP) is 5.41. The van der Waals surface area contributed by atoms with Gasteiger partial charge in [0.05, 0.1) is 0 Å². The number of hydrogen-bond donors (Lipinski definition) is 1. The molecular weight excluding hydrogens is 536 g/mol. The highest BCUT2D eigenvalue weighted by Gasteiger charge is 2.31. The number of carbonyl (C=O) groups is 1. The van der Waals surface area contributed by atoms with Crippen molar-refractivity contribution in [1.29, 1.82) is 0 Å². The standard InChI is InChI=1S/C25H35N3O4S.C7H9N/c1-5-8-17-28(18-9-6-2)22-16-15-20(25(29)27(4)7-3)19-23(33(26,30)31)24(22)32-21-13-11-10-12-14-21;1-3-5-6-7-8-4-2/h10-14,19-20H,5-9,17-18H2,1-4H3,(H2,26,30,31);3-7H,1-2H2/b;6-5-,8-7?. The number of allylic oxidation sites excluding steroid dienone is 4. The number of primary sulfonamides is 1. The van der Waals surface area contributed by atoms with E-state index in [9.17, 15) is 13.2 Å². The van der Waals surface area contributed by atoms with E-state index in [2.05, 4.69) is 43.8 Å². The summed E-state index contributed by atoms with van der Waals surface area (Å²) in [5.74, 6) is 5.36. The molecule has 0 radical (unpaired) electrons. The first-order valence-corrected chi connectivity index (χ1v) is 15.3. The van der Waals surface area contributed by atoms with Gasteiger partial charge < -0.3 is 14.5 Å². The highest BCUT2D eigenvalue weighted by molar-refractivity contribution is 7.93. The lowest BCUT2D eigenvalue weighted by Gasteiger charge is -2.27. The number of benzene rings is 1. The van der Waals surface area contributed by atoms with Crippen molar-refractivity contribution in [3.63, 3.8) is 0 Å². The molecule has 0 aromatic heterocycles. The van der Waals surface area contributed by atoms with E-state index in [1.54, 1.807) is 55.8 Å². The third-order valence-corrected chi connectivity index (χ3v) is 6.83. The number of para-hydroxylation sites is 1. The average Bonchev–Trinajstić information content (AvgIpc) is 3.15. The summed E-state index contributed by atoms with van der Waals surface area (Å²) < 4.78 is 31.6. The minimum atomic E-state index is -4.22. The van der Waals surface area contributed by atoms with E-state index in [4.69, 9.17) is 9.88 Å². The van der Waals surface area contributed by atoms with Crippen LogP contribution in [0.5, 0.6) is 5.75 Å². The molecule has 41 heavy (non-hydrogen) atoms. The van der Waals surface area contributed by atoms with Crippen LogP contribution in [-0.4, -0.2) is 57.0 Å². The maximum atomic E-state index is 12.9. The second-order valence-electron chi connectivity index (χ2n) is 9.06. The zero-order chi connectivity index (χ0) is 30.7. The monoisotopic (exact) mass is 580 g/mol. The summed E-state index contributed by atoms with van der Waals surface area (Å²) in [6.45, 7) is 14.8. The fourth-order valence-corrected chi connectivity index (χ4v) is 4.26. The van der Waals surface area contributed by atoms with Crippen LogP contribution < -0.4 is 9.88 Å². The molecule has 2 N–H and O–H groups in total. The molecule has 1 amide bonds. The van der Waals surface area contributed by atoms with Gasteiger partial charge in [0.25, 0.3) is 0 Å². The summed E-state index contributed by atoms with van der Waals surface area (Å²) in [4.78, 5) is 19.9. The zero-order valence-electron chi connectivity index (χ0n) is 24.8. The van der Waals surface area contributed by atoms with Crippen LogP contribution in [0.15, 0.2) is 95.3 Å². The molecule has 8 nitrogen and oxygen atoms in total. The fraction of sp³-hybridized carbons (Fsp3) is 0.375. The van der Waals surface area contributed by atoms with E-state index in [1.807, 2.05) is 17.9 Å². The number of unbranched alkanes of at least 4 members (excludes halogenated alkanes) is 2. The van der Waals surface area contributed by atoms with E-state index in [-0.39, 0.29) is 16.6 Å². The SMILES string of the molecule is C=C/C=C\C=NC=C.CCCCN(CCCC)C1=C(Oc2ccccc2)C(S(N)(=O)=O)=CC(C(=O)N(C)CC)C#C1. The number of ether oxygens (including phenoxy) is 1. The van der Waals surface area contributed by atoms with Crippen molar-refractivity contribution in [2.45, 2.75) is 46.5 Å². The van der Waals surface area contributed by atoms with Crippen LogP contribution >= 0.6 is 0 Å². The number of hydrogen-bond acceptors (Lipinski definition) is 6. The van der Waals surface area contributed by atoms with E-state index >= 15 is 0 Å². The second kappa shape index (κ2) is 19.2. The Hall–Kier alpha value is -3.87. The molecule has 1 unspecified atom stereocenters. The third kappa shape index (κ3) is 12.5. The first kappa shape index (κ1) is 35.2. The lowest BCUT2D eigenvalue weighted by Crippen LogP contribution is -2.32. The Morgan fingerprint density at radius 1 is 1.10 bits per heavy atom. The number of nitrogens with two attached hydrogens (primary N) is 1. The summed E-state index contributed by atoms with van der Waals surface area (Å²) in [6.07, 6.45) is 13.5. The van der Waals surface area contributed by atoms with Gasteiger partial charge in [-0.15, -0.1) is 0 Å². The summed E-state index contributed by atoms with van der Waals surface area (Å²) >= 11 is 0. The Balaban J connectivity index is 0.000000915. The van der Waals surface area contributed by atoms with E-state index in [0.717, 1.165) is 25.7 Å². The highest BCUT2D eigenvalue weighted by Crippen LogP contribution is 2.29. The molecule has 0 saturated heterocycles. The minimum absolute atomic E-state index is 0.0675. The maximum absolute atomic E-state index is 12.9. The van der Waals surface area contributed by atoms with Crippen LogP contribution in [0.4, 0.5) is 0 Å². The Kier molecular flexibility index (Phi) is 16.5. The van der Waals surface area contributed by atoms with Crippen LogP contribution in [0.3, 0.4) is 0 Å². The molecule has 1 aromatic rings. The molecule has 2 rings (SSSR count). The molecule has 1 atom stereocenters. The number of aliphatic imine (C=N–C) groups is 1. The summed E-state index contributed by atoms with van der Waals surface area (Å²) in [5, 5.41) is 5.65. The largest absolute Gasteiger partial charge is 0.453 e. The van der Waals surface area contributed by atoms with Crippen LogP contribution in [0.25, 0.3) is 0 Å². The minimum Gasteiger partial charge on any atom is -0.453 e. The Morgan fingerprint density at radius 3 is 2.24 bits per heavy atom. The zero-order valence-corrected chi connectivity index (χ0v) is 25.6. The van der Waals surface area contributed by atoms with Crippen LogP contribution in [0, 0.1) is 17.8 Å². The fourth-order valence-electron chi connectivity index (χ4n) is 3.54. The molecule has 1 aliphatic rings. The van der Waals surface area contributed by atoms with Gasteiger partial charge in [-0.2, -0.15) is 0 Å². The average molecular weight is 581 g/mol. The van der Waals surface area contributed by atoms with Gasteiger partial charge in [0.1, 0.15) is 22.3 Å². The molecule has 1 aromatic carbocycles. The topological polar surface area (TPSA) is 105 Å². The number of amides is 1. The van der Waals surface area contributed by atoms with Gasteiger partial charge in [-0.1, -0.05) is 76.1 Å². The lowest BCUT2D eigenvalue weighted by molar-refractivity contribution is -0.130. The van der Waals surface area contributed by atoms with Gasteiger partial charge >= 0.3 is 0 Å². The van der Waals surface area contributed by atoms with E-state index < -0.39 is 15.9 Å². The molecule has 1 aliphatic carbocycles. The van der Waals surface area contributed by atoms with Gasteiger partial charge in [0.2, 0.25) is 15.9 Å². The molecule has 222 valence electrons. The molecule has 9 heteroatoms. The lowest BCUT2D eigenvalue weighted by atomic mass is 10.1. The molecular formula is C32H44N4O4S. The van der Waals surface area contributed by atoms with Crippen molar-refractivity contribution in [3.8, 4) is 17.6 Å². The second-order valence-corrected chi connectivity index (χ2v) is 10.6. The van der Waals surface area contributed by atoms with Crippen LogP contribution in [-0.2, 0) is 14.8 Å². The summed E-state index contributed by atoms with van der Waals surface area (Å²) in [6, 6.07) is 8.91. The van der Waals surface area contributed by atoms with Gasteiger partial charge in [0.15, 0.2) is 5.76 Å². The molecule has 0 saturated carbocycles. The van der Waals surface area contributed by atoms with Gasteiger partial charge in [-0.3, -0.25) is 9.79 Å². The first-order valence-electron chi connectivity index (χ1n) is 13.8. The van der Waals surface area contributed by atoms with E-state index in [0.29, 0.717) is 31.1 Å². The van der Waals surface area contributed by atoms with Crippen molar-refractivity contribution in [1.82, 2.24) is 9.80 Å². The highest BCUT2D eigenvalue weighted by atomic mass is 32.2. The summed E-state index contributed by atoms with van der Waals surface area (Å²) in [5.41, 5.74) is 0.440. The van der Waals surface area contributed by atoms with Crippen molar-refractivity contribution >= 4 is 22.1 Å². The first-order chi connectivity index (χ1) is 19.6. The van der Waals surface area contributed by atoms with Crippen molar-refractivity contribution in [2.75, 3.05) is 26.7 Å². The van der Waals surface area contributed by atoms with Gasteiger partial charge in [0, 0.05) is 39.1 Å². The Bertz CT molecular complexity index is 1260. The van der Waals surface area contributed by atoms with Gasteiger partial charge in [-0.25, -0.2) is 13.6 Å². The van der Waals surface area contributed by atoms with E-state index in [1.165, 1.54) is 17.2 Å². The van der Waals surface area contributed by atoms with Crippen molar-refractivity contribution in [3.05, 3.63) is 90.4 Å². The summed E-state index contributed by atoms with van der Waals surface area (Å²) in [7, 11) is -2.57. The number of nitrogens with zero attached hydrogens (tertiary/aromatic N) is 3. The van der Waals surface area contributed by atoms with Crippen molar-refractivity contribution in [2.24, 2.45) is 16.0 Å². The smallest absolute Gasteiger partial charge is 0.241 e. The normalized spacial score (nSPS) is 14.8. The molecule has 0 aliphatic heterocycles. The molecule has 0 spiro atoms. The third-order valence-electron chi connectivity index (χ3n) is 5.89. The molecule has 0 fully saturated rings. The number of carbonyl (C=O) groups excluding carboxylic acids is 1. The maximum Gasteiger partial charge on any atom is 0.241 e. The number of sulfonamides is 1. The van der Waals surface area contributed by atoms with Crippen LogP contribution in [0.1, 0.15) is 46.5 Å². The Labute approximate surface area is 246 Å². The molecule has 0 bridgehead atoms. The van der Waals surface area contributed by atoms with Gasteiger partial charge in [-0.05, 0) is 50.0 Å².